The lowest BCUT2D eigenvalue weighted by Crippen LogP contribution is -2.13. The number of aromatic nitrogens is 4. The zero-order chi connectivity index (χ0) is 20.9. The highest BCUT2D eigenvalue weighted by atomic mass is 35.5. The summed E-state index contributed by atoms with van der Waals surface area (Å²) in [4.78, 5) is 20.3. The van der Waals surface area contributed by atoms with Gasteiger partial charge in [0.25, 0.3) is 5.56 Å². The van der Waals surface area contributed by atoms with Gasteiger partial charge in [0.1, 0.15) is 16.9 Å². The van der Waals surface area contributed by atoms with Crippen LogP contribution in [0.3, 0.4) is 0 Å². The molecule has 0 unspecified atom stereocenters. The van der Waals surface area contributed by atoms with Gasteiger partial charge in [-0.25, -0.2) is 9.67 Å². The monoisotopic (exact) mass is 446 g/mol. The average Bonchev–Trinajstić information content (AvgIpc) is 2.94. The average molecular weight is 448 g/mol. The highest BCUT2D eigenvalue weighted by Gasteiger charge is 2.19. The Morgan fingerprint density at radius 2 is 1.69 bits per heavy atom. The van der Waals surface area contributed by atoms with E-state index in [2.05, 4.69) is 41.0 Å². The molecule has 2 aromatic heterocycles. The quantitative estimate of drug-likeness (QED) is 0.445. The summed E-state index contributed by atoms with van der Waals surface area (Å²) in [7, 11) is 0. The summed E-state index contributed by atoms with van der Waals surface area (Å²) < 4.78 is 1.50. The van der Waals surface area contributed by atoms with Gasteiger partial charge in [-0.1, -0.05) is 53.0 Å². The first-order valence-electron chi connectivity index (χ1n) is 8.94. The molecule has 148 valence electrons. The van der Waals surface area contributed by atoms with Gasteiger partial charge in [0.2, 0.25) is 0 Å². The second kappa shape index (κ2) is 7.48. The number of aromatic amines is 1. The molecule has 5 nitrogen and oxygen atoms in total. The fraction of sp³-hybridized carbons (Fsp3) is 0.190. The van der Waals surface area contributed by atoms with E-state index < -0.39 is 0 Å². The molecule has 0 radical (unpaired) electrons. The van der Waals surface area contributed by atoms with Crippen LogP contribution in [0.4, 0.5) is 0 Å². The number of H-pyrrole nitrogens is 1. The highest BCUT2D eigenvalue weighted by Crippen LogP contribution is 2.33. The third-order valence-electron chi connectivity index (χ3n) is 4.90. The van der Waals surface area contributed by atoms with E-state index >= 15 is 0 Å². The number of halogens is 3. The van der Waals surface area contributed by atoms with Crippen LogP contribution in [0.1, 0.15) is 28.2 Å². The van der Waals surface area contributed by atoms with E-state index in [1.807, 2.05) is 6.07 Å². The van der Waals surface area contributed by atoms with Gasteiger partial charge in [-0.05, 0) is 49.6 Å². The van der Waals surface area contributed by atoms with Gasteiger partial charge in [0.15, 0.2) is 5.65 Å². The van der Waals surface area contributed by atoms with Gasteiger partial charge >= 0.3 is 0 Å². The van der Waals surface area contributed by atoms with Crippen molar-refractivity contribution in [1.29, 1.82) is 0 Å². The van der Waals surface area contributed by atoms with Crippen molar-refractivity contribution in [2.45, 2.75) is 27.2 Å². The first-order valence-corrected chi connectivity index (χ1v) is 10.1. The van der Waals surface area contributed by atoms with Crippen LogP contribution < -0.4 is 5.56 Å². The first-order chi connectivity index (χ1) is 13.7. The number of fused-ring (bicyclic) bond motifs is 1. The smallest absolute Gasteiger partial charge is 0.262 e. The number of hydrogen-bond donors (Lipinski definition) is 1. The lowest BCUT2D eigenvalue weighted by atomic mass is 10.0. The van der Waals surface area contributed by atoms with E-state index in [1.54, 1.807) is 19.1 Å². The van der Waals surface area contributed by atoms with Crippen LogP contribution in [0.2, 0.25) is 15.1 Å². The zero-order valence-electron chi connectivity index (χ0n) is 16.0. The second-order valence-corrected chi connectivity index (χ2v) is 8.27. The lowest BCUT2D eigenvalue weighted by molar-refractivity contribution is 0.866. The molecule has 0 aliphatic carbocycles. The normalized spacial score (nSPS) is 11.4. The number of nitrogens with zero attached hydrogens (tertiary/aromatic N) is 3. The molecule has 0 spiro atoms. The minimum Gasteiger partial charge on any atom is -0.310 e. The maximum absolute atomic E-state index is 12.8. The van der Waals surface area contributed by atoms with E-state index in [9.17, 15) is 4.79 Å². The van der Waals surface area contributed by atoms with Gasteiger partial charge < -0.3 is 4.98 Å². The van der Waals surface area contributed by atoms with Crippen LogP contribution in [0.25, 0.3) is 16.7 Å². The molecule has 4 rings (SSSR count). The minimum atomic E-state index is -0.251. The molecule has 2 aromatic carbocycles. The van der Waals surface area contributed by atoms with Crippen molar-refractivity contribution in [1.82, 2.24) is 19.7 Å². The van der Waals surface area contributed by atoms with Gasteiger partial charge in [0.05, 0.1) is 15.7 Å². The Bertz CT molecular complexity index is 1300. The Kier molecular flexibility index (Phi) is 5.15. The van der Waals surface area contributed by atoms with Crippen molar-refractivity contribution in [3.63, 3.8) is 0 Å². The Balaban J connectivity index is 1.90. The van der Waals surface area contributed by atoms with E-state index in [1.165, 1.54) is 15.8 Å². The van der Waals surface area contributed by atoms with Crippen LogP contribution in [0, 0.1) is 20.8 Å². The molecular formula is C21H17Cl3N4O. The molecule has 0 fully saturated rings. The SMILES string of the molecule is Cc1ccc(Cc2nc3c(c(C)nn3-c3c(Cl)cc(Cl)cc3Cl)c(=O)[nH]2)cc1C. The van der Waals surface area contributed by atoms with Crippen LogP contribution in [-0.2, 0) is 6.42 Å². The van der Waals surface area contributed by atoms with Crippen molar-refractivity contribution < 1.29 is 0 Å². The van der Waals surface area contributed by atoms with Gasteiger partial charge in [0, 0.05) is 11.4 Å². The molecule has 0 aliphatic heterocycles. The van der Waals surface area contributed by atoms with Gasteiger partial charge in [-0.15, -0.1) is 0 Å². The predicted molar refractivity (Wildman–Crippen MR) is 118 cm³/mol. The van der Waals surface area contributed by atoms with E-state index in [4.69, 9.17) is 34.8 Å². The van der Waals surface area contributed by atoms with Crippen LogP contribution in [0.15, 0.2) is 35.1 Å². The number of nitrogens with one attached hydrogen (secondary N) is 1. The second-order valence-electron chi connectivity index (χ2n) is 7.02. The summed E-state index contributed by atoms with van der Waals surface area (Å²) in [5.74, 6) is 0.535. The van der Waals surface area contributed by atoms with Gasteiger partial charge in [-0.3, -0.25) is 4.79 Å². The molecule has 0 saturated heterocycles. The summed E-state index contributed by atoms with van der Waals surface area (Å²) in [5.41, 5.74) is 4.58. The minimum absolute atomic E-state index is 0.251. The van der Waals surface area contributed by atoms with Crippen molar-refractivity contribution in [2.24, 2.45) is 0 Å². The maximum Gasteiger partial charge on any atom is 0.262 e. The van der Waals surface area contributed by atoms with E-state index in [0.717, 1.165) is 5.56 Å². The van der Waals surface area contributed by atoms with E-state index in [-0.39, 0.29) is 5.56 Å². The number of aryl methyl sites for hydroxylation is 3. The first kappa shape index (κ1) is 20.0. The Labute approximate surface area is 182 Å². The molecule has 0 atom stereocenters. The fourth-order valence-electron chi connectivity index (χ4n) is 3.32. The molecule has 0 saturated carbocycles. The highest BCUT2D eigenvalue weighted by molar-refractivity contribution is 6.40. The molecule has 0 bridgehead atoms. The summed E-state index contributed by atoms with van der Waals surface area (Å²) in [5, 5.41) is 5.93. The summed E-state index contributed by atoms with van der Waals surface area (Å²) >= 11 is 18.8. The topological polar surface area (TPSA) is 63.6 Å². The Hall–Kier alpha value is -2.34. The lowest BCUT2D eigenvalue weighted by Gasteiger charge is -2.09. The number of hydrogen-bond acceptors (Lipinski definition) is 3. The number of rotatable bonds is 3. The molecular weight excluding hydrogens is 431 g/mol. The predicted octanol–water partition coefficient (Wildman–Crippen LogP) is 5.59. The molecule has 29 heavy (non-hydrogen) atoms. The van der Waals surface area contributed by atoms with Crippen LogP contribution in [0.5, 0.6) is 0 Å². The Morgan fingerprint density at radius 3 is 2.34 bits per heavy atom. The van der Waals surface area contributed by atoms with Crippen molar-refractivity contribution in [3.05, 3.63) is 84.0 Å². The third kappa shape index (κ3) is 3.66. The van der Waals surface area contributed by atoms with Crippen molar-refractivity contribution in [3.8, 4) is 5.69 Å². The zero-order valence-corrected chi connectivity index (χ0v) is 18.2. The molecule has 8 heteroatoms. The van der Waals surface area contributed by atoms with Crippen molar-refractivity contribution in [2.75, 3.05) is 0 Å². The van der Waals surface area contributed by atoms with Crippen LogP contribution in [-0.4, -0.2) is 19.7 Å². The van der Waals surface area contributed by atoms with Crippen LogP contribution >= 0.6 is 34.8 Å². The molecule has 0 amide bonds. The maximum atomic E-state index is 12.8. The summed E-state index contributed by atoms with van der Waals surface area (Å²) in [6.45, 7) is 5.86. The summed E-state index contributed by atoms with van der Waals surface area (Å²) in [6.07, 6.45) is 0.485. The number of benzene rings is 2. The standard InChI is InChI=1S/C21H17Cl3N4O/c1-10-4-5-13(6-11(10)2)7-17-25-20-18(21(29)26-17)12(3)27-28(20)19-15(23)8-14(22)9-16(19)24/h4-6,8-9H,7H2,1-3H3,(H,25,26,29). The molecule has 2 heterocycles. The summed E-state index contributed by atoms with van der Waals surface area (Å²) in [6, 6.07) is 9.34. The third-order valence-corrected chi connectivity index (χ3v) is 5.69. The largest absolute Gasteiger partial charge is 0.310 e. The fourth-order valence-corrected chi connectivity index (χ4v) is 4.29. The van der Waals surface area contributed by atoms with E-state index in [0.29, 0.717) is 49.7 Å². The molecule has 1 N–H and O–H groups in total. The van der Waals surface area contributed by atoms with Gasteiger partial charge in [-0.2, -0.15) is 5.10 Å². The molecule has 0 aliphatic rings. The van der Waals surface area contributed by atoms with Crippen molar-refractivity contribution >= 4 is 45.8 Å². The Morgan fingerprint density at radius 1 is 1.00 bits per heavy atom. The molecule has 4 aromatic rings.